The Balaban J connectivity index is 1.80. The first-order chi connectivity index (χ1) is 15.9. The molecular formula is C24H18ClN3O5. The van der Waals surface area contributed by atoms with E-state index in [4.69, 9.17) is 21.1 Å². The summed E-state index contributed by atoms with van der Waals surface area (Å²) in [6, 6.07) is 19.4. The van der Waals surface area contributed by atoms with Gasteiger partial charge in [0.15, 0.2) is 6.61 Å². The smallest absolute Gasteiger partial charge is 0.269 e. The molecule has 9 heteroatoms. The van der Waals surface area contributed by atoms with Crippen molar-refractivity contribution in [1.29, 1.82) is 5.26 Å². The van der Waals surface area contributed by atoms with Gasteiger partial charge < -0.3 is 14.8 Å². The number of para-hydroxylation sites is 2. The number of benzene rings is 3. The van der Waals surface area contributed by atoms with Crippen molar-refractivity contribution < 1.29 is 19.2 Å². The molecule has 0 unspecified atom stereocenters. The number of nitriles is 1. The molecule has 0 atom stereocenters. The first-order valence-electron chi connectivity index (χ1n) is 9.63. The quantitative estimate of drug-likeness (QED) is 0.209. The van der Waals surface area contributed by atoms with Crippen molar-refractivity contribution in [2.75, 3.05) is 19.0 Å². The summed E-state index contributed by atoms with van der Waals surface area (Å²) in [5.74, 6) is 0.451. The molecule has 0 heterocycles. The maximum absolute atomic E-state index is 12.4. The molecule has 1 N–H and O–H groups in total. The van der Waals surface area contributed by atoms with Crippen LogP contribution in [0.4, 0.5) is 11.4 Å². The Bertz CT molecular complexity index is 1250. The Labute approximate surface area is 194 Å². The van der Waals surface area contributed by atoms with Crippen LogP contribution in [-0.4, -0.2) is 24.5 Å². The lowest BCUT2D eigenvalue weighted by molar-refractivity contribution is -0.384. The molecule has 0 aliphatic carbocycles. The number of ether oxygens (including phenoxy) is 2. The zero-order valence-corrected chi connectivity index (χ0v) is 18.2. The third-order valence-electron chi connectivity index (χ3n) is 4.52. The molecule has 1 amide bonds. The summed E-state index contributed by atoms with van der Waals surface area (Å²) in [4.78, 5) is 22.7. The molecule has 0 saturated carbocycles. The summed E-state index contributed by atoms with van der Waals surface area (Å²) in [6.45, 7) is -0.292. The van der Waals surface area contributed by atoms with E-state index in [0.29, 0.717) is 33.3 Å². The lowest BCUT2D eigenvalue weighted by Crippen LogP contribution is -2.20. The van der Waals surface area contributed by atoms with Crippen LogP contribution in [0.3, 0.4) is 0 Å². The van der Waals surface area contributed by atoms with Crippen LogP contribution >= 0.6 is 11.6 Å². The van der Waals surface area contributed by atoms with Crippen LogP contribution in [0.5, 0.6) is 11.5 Å². The molecule has 0 fully saturated rings. The fourth-order valence-electron chi connectivity index (χ4n) is 2.94. The highest BCUT2D eigenvalue weighted by atomic mass is 35.5. The van der Waals surface area contributed by atoms with E-state index in [-0.39, 0.29) is 17.9 Å². The average molecular weight is 464 g/mol. The van der Waals surface area contributed by atoms with Gasteiger partial charge in [-0.15, -0.1) is 0 Å². The number of non-ortho nitro benzene ring substituents is 1. The molecule has 3 aromatic carbocycles. The Hall–Kier alpha value is -4.35. The van der Waals surface area contributed by atoms with Crippen molar-refractivity contribution in [3.05, 3.63) is 93.0 Å². The predicted octanol–water partition coefficient (Wildman–Crippen LogP) is 5.34. The summed E-state index contributed by atoms with van der Waals surface area (Å²) in [5, 5.41) is 23.6. The zero-order chi connectivity index (χ0) is 23.8. The lowest BCUT2D eigenvalue weighted by Gasteiger charge is -2.12. The van der Waals surface area contributed by atoms with Gasteiger partial charge >= 0.3 is 0 Å². The number of carbonyl (C=O) groups is 1. The first-order valence-corrected chi connectivity index (χ1v) is 10.0. The monoisotopic (exact) mass is 463 g/mol. The summed E-state index contributed by atoms with van der Waals surface area (Å²) >= 11 is 6.11. The second-order valence-corrected chi connectivity index (χ2v) is 7.13. The molecule has 0 spiro atoms. The van der Waals surface area contributed by atoms with Crippen molar-refractivity contribution in [3.8, 4) is 17.6 Å². The number of carbonyl (C=O) groups excluding carboxylic acids is 1. The number of anilines is 1. The number of hydrogen-bond donors (Lipinski definition) is 1. The standard InChI is InChI=1S/C24H18ClN3O5/c1-32-23-5-3-2-4-21(23)27-24(29)15-33-22-11-8-19(25)13-17(22)12-18(14-26)16-6-9-20(10-7-16)28(30)31/h2-13H,15H2,1H3,(H,27,29). The second-order valence-electron chi connectivity index (χ2n) is 6.69. The summed E-state index contributed by atoms with van der Waals surface area (Å²) in [7, 11) is 1.51. The molecule has 0 radical (unpaired) electrons. The molecule has 8 nitrogen and oxygen atoms in total. The number of nitro benzene ring substituents is 1. The normalized spacial score (nSPS) is 10.8. The van der Waals surface area contributed by atoms with Gasteiger partial charge in [0.25, 0.3) is 11.6 Å². The topological polar surface area (TPSA) is 114 Å². The Kier molecular flexibility index (Phi) is 7.63. The van der Waals surface area contributed by atoms with Crippen molar-refractivity contribution in [2.24, 2.45) is 0 Å². The predicted molar refractivity (Wildman–Crippen MR) is 125 cm³/mol. The van der Waals surface area contributed by atoms with Crippen LogP contribution in [0.1, 0.15) is 11.1 Å². The van der Waals surface area contributed by atoms with Crippen molar-refractivity contribution in [2.45, 2.75) is 0 Å². The van der Waals surface area contributed by atoms with Crippen LogP contribution < -0.4 is 14.8 Å². The number of nitrogens with one attached hydrogen (secondary N) is 1. The molecule has 0 bridgehead atoms. The number of allylic oxidation sites excluding steroid dienone is 1. The lowest BCUT2D eigenvalue weighted by atomic mass is 10.0. The Morgan fingerprint density at radius 1 is 1.15 bits per heavy atom. The summed E-state index contributed by atoms with van der Waals surface area (Å²) in [5.41, 5.74) is 1.64. The van der Waals surface area contributed by atoms with Crippen LogP contribution in [0.25, 0.3) is 11.6 Å². The van der Waals surface area contributed by atoms with Gasteiger partial charge in [-0.05, 0) is 54.1 Å². The molecule has 3 aromatic rings. The second kappa shape index (κ2) is 10.8. The number of rotatable bonds is 8. The molecule has 3 rings (SSSR count). The molecule has 0 aromatic heterocycles. The van der Waals surface area contributed by atoms with Gasteiger partial charge in [-0.1, -0.05) is 23.7 Å². The molecular weight excluding hydrogens is 446 g/mol. The van der Waals surface area contributed by atoms with Crippen molar-refractivity contribution >= 4 is 40.5 Å². The van der Waals surface area contributed by atoms with Gasteiger partial charge in [0, 0.05) is 22.7 Å². The fourth-order valence-corrected chi connectivity index (χ4v) is 3.12. The maximum Gasteiger partial charge on any atom is 0.269 e. The van der Waals surface area contributed by atoms with Crippen LogP contribution in [-0.2, 0) is 4.79 Å². The highest BCUT2D eigenvalue weighted by molar-refractivity contribution is 6.30. The molecule has 33 heavy (non-hydrogen) atoms. The van der Waals surface area contributed by atoms with Crippen molar-refractivity contribution in [1.82, 2.24) is 0 Å². The minimum absolute atomic E-state index is 0.0797. The average Bonchev–Trinajstić information content (AvgIpc) is 2.82. The third-order valence-corrected chi connectivity index (χ3v) is 4.76. The van der Waals surface area contributed by atoms with E-state index in [1.165, 1.54) is 31.4 Å². The highest BCUT2D eigenvalue weighted by Crippen LogP contribution is 2.29. The highest BCUT2D eigenvalue weighted by Gasteiger charge is 2.12. The Morgan fingerprint density at radius 2 is 1.88 bits per heavy atom. The van der Waals surface area contributed by atoms with Crippen molar-refractivity contribution in [3.63, 3.8) is 0 Å². The van der Waals surface area contributed by atoms with E-state index < -0.39 is 10.8 Å². The van der Waals surface area contributed by atoms with Gasteiger partial charge in [-0.3, -0.25) is 14.9 Å². The zero-order valence-electron chi connectivity index (χ0n) is 17.4. The first kappa shape index (κ1) is 23.3. The number of halogens is 1. The van der Waals surface area contributed by atoms with Gasteiger partial charge in [-0.25, -0.2) is 0 Å². The van der Waals surface area contributed by atoms with Crippen LogP contribution in [0, 0.1) is 21.4 Å². The van der Waals surface area contributed by atoms with Crippen LogP contribution in [0.15, 0.2) is 66.7 Å². The minimum Gasteiger partial charge on any atom is -0.495 e. The number of nitro groups is 1. The van der Waals surface area contributed by atoms with E-state index in [1.807, 2.05) is 0 Å². The number of nitrogens with zero attached hydrogens (tertiary/aromatic N) is 2. The van der Waals surface area contributed by atoms with E-state index >= 15 is 0 Å². The summed E-state index contributed by atoms with van der Waals surface area (Å²) in [6.07, 6.45) is 1.54. The SMILES string of the molecule is COc1ccccc1NC(=O)COc1ccc(Cl)cc1C=C(C#N)c1ccc([N+](=O)[O-])cc1. The number of hydrogen-bond acceptors (Lipinski definition) is 6. The largest absolute Gasteiger partial charge is 0.495 e. The number of amides is 1. The minimum atomic E-state index is -0.515. The van der Waals surface area contributed by atoms with Crippen LogP contribution in [0.2, 0.25) is 5.02 Å². The van der Waals surface area contributed by atoms with E-state index in [0.717, 1.165) is 0 Å². The van der Waals surface area contributed by atoms with E-state index in [2.05, 4.69) is 11.4 Å². The Morgan fingerprint density at radius 3 is 2.55 bits per heavy atom. The van der Waals surface area contributed by atoms with Gasteiger partial charge in [0.2, 0.25) is 0 Å². The molecule has 0 aliphatic rings. The van der Waals surface area contributed by atoms with Gasteiger partial charge in [0.05, 0.1) is 29.4 Å². The summed E-state index contributed by atoms with van der Waals surface area (Å²) < 4.78 is 10.9. The molecule has 0 saturated heterocycles. The third kappa shape index (κ3) is 6.09. The maximum atomic E-state index is 12.4. The van der Waals surface area contributed by atoms with E-state index in [1.54, 1.807) is 48.5 Å². The van der Waals surface area contributed by atoms with E-state index in [9.17, 15) is 20.2 Å². The fraction of sp³-hybridized carbons (Fsp3) is 0.0833. The van der Waals surface area contributed by atoms with Gasteiger partial charge in [-0.2, -0.15) is 5.26 Å². The number of methoxy groups -OCH3 is 1. The van der Waals surface area contributed by atoms with Gasteiger partial charge in [0.1, 0.15) is 11.5 Å². The molecule has 166 valence electrons. The molecule has 0 aliphatic heterocycles.